The highest BCUT2D eigenvalue weighted by Crippen LogP contribution is 2.28. The first kappa shape index (κ1) is 10.8. The minimum Gasteiger partial charge on any atom is -0.271 e. The van der Waals surface area contributed by atoms with Gasteiger partial charge in [0, 0.05) is 18.2 Å². The molecule has 0 amide bonds. The van der Waals surface area contributed by atoms with Crippen molar-refractivity contribution in [3.05, 3.63) is 17.5 Å². The summed E-state index contributed by atoms with van der Waals surface area (Å²) in [4.78, 5) is 0. The lowest BCUT2D eigenvalue weighted by Gasteiger charge is -2.23. The molecule has 0 bridgehead atoms. The summed E-state index contributed by atoms with van der Waals surface area (Å²) in [6.45, 7) is 6.65. The van der Waals surface area contributed by atoms with E-state index >= 15 is 0 Å². The third-order valence-electron chi connectivity index (χ3n) is 2.60. The van der Waals surface area contributed by atoms with E-state index in [9.17, 15) is 0 Å². The molecule has 0 aliphatic heterocycles. The van der Waals surface area contributed by atoms with E-state index in [4.69, 9.17) is 6.42 Å². The Morgan fingerprint density at radius 1 is 1.57 bits per heavy atom. The molecule has 1 rings (SSSR count). The first-order valence-corrected chi connectivity index (χ1v) is 5.02. The number of nitrogens with zero attached hydrogens (tertiary/aromatic N) is 2. The summed E-state index contributed by atoms with van der Waals surface area (Å²) in [6, 6.07) is 2.01. The minimum absolute atomic E-state index is 0.158. The van der Waals surface area contributed by atoms with Crippen molar-refractivity contribution in [3.63, 3.8) is 0 Å². The van der Waals surface area contributed by atoms with Gasteiger partial charge in [0.2, 0.25) is 0 Å². The van der Waals surface area contributed by atoms with Gasteiger partial charge in [0.1, 0.15) is 5.69 Å². The van der Waals surface area contributed by atoms with Crippen LogP contribution in [0.3, 0.4) is 0 Å². The van der Waals surface area contributed by atoms with Gasteiger partial charge in [-0.25, -0.2) is 0 Å². The summed E-state index contributed by atoms with van der Waals surface area (Å²) in [7, 11) is 1.95. The average molecular weight is 190 g/mol. The van der Waals surface area contributed by atoms with Crippen LogP contribution in [-0.4, -0.2) is 9.78 Å². The van der Waals surface area contributed by atoms with Crippen LogP contribution in [0.2, 0.25) is 0 Å². The second kappa shape index (κ2) is 3.88. The van der Waals surface area contributed by atoms with Crippen LogP contribution in [0.5, 0.6) is 0 Å². The van der Waals surface area contributed by atoms with Crippen molar-refractivity contribution in [2.45, 2.75) is 39.0 Å². The number of hydrogen-bond acceptors (Lipinski definition) is 1. The fourth-order valence-electron chi connectivity index (χ4n) is 1.92. The molecule has 2 nitrogen and oxygen atoms in total. The molecule has 0 atom stereocenters. The molecule has 0 fully saturated rings. The maximum absolute atomic E-state index is 5.32. The van der Waals surface area contributed by atoms with E-state index in [1.54, 1.807) is 0 Å². The largest absolute Gasteiger partial charge is 0.271 e. The number of aromatic nitrogens is 2. The van der Waals surface area contributed by atoms with Gasteiger partial charge in [-0.05, 0) is 18.4 Å². The highest BCUT2D eigenvalue weighted by Gasteiger charge is 2.23. The Balaban J connectivity index is 3.06. The van der Waals surface area contributed by atoms with Crippen LogP contribution in [0.4, 0.5) is 0 Å². The Kier molecular flexibility index (Phi) is 3.00. The van der Waals surface area contributed by atoms with Gasteiger partial charge in [-0.15, -0.1) is 6.42 Å². The fourth-order valence-corrected chi connectivity index (χ4v) is 1.92. The molecule has 1 heterocycles. The van der Waals surface area contributed by atoms with Gasteiger partial charge in [-0.3, -0.25) is 4.68 Å². The number of terminal acetylenes is 1. The van der Waals surface area contributed by atoms with Gasteiger partial charge >= 0.3 is 0 Å². The number of aryl methyl sites for hydroxylation is 1. The van der Waals surface area contributed by atoms with E-state index in [2.05, 4.69) is 31.8 Å². The summed E-state index contributed by atoms with van der Waals surface area (Å²) in [5.41, 5.74) is 2.10. The van der Waals surface area contributed by atoms with Crippen molar-refractivity contribution in [1.29, 1.82) is 0 Å². The second-order valence-electron chi connectivity index (χ2n) is 4.32. The topological polar surface area (TPSA) is 17.8 Å². The molecule has 0 aromatic carbocycles. The maximum Gasteiger partial charge on any atom is 0.135 e. The first-order valence-electron chi connectivity index (χ1n) is 5.02. The van der Waals surface area contributed by atoms with Crippen molar-refractivity contribution in [1.82, 2.24) is 9.78 Å². The highest BCUT2D eigenvalue weighted by molar-refractivity contribution is 5.29. The summed E-state index contributed by atoms with van der Waals surface area (Å²) >= 11 is 0. The summed E-state index contributed by atoms with van der Waals surface area (Å²) < 4.78 is 1.89. The van der Waals surface area contributed by atoms with Crippen LogP contribution in [0.15, 0.2) is 6.07 Å². The number of rotatable bonds is 3. The van der Waals surface area contributed by atoms with Gasteiger partial charge in [0.05, 0.1) is 0 Å². The molecule has 0 aliphatic rings. The van der Waals surface area contributed by atoms with Crippen LogP contribution in [-0.2, 0) is 12.5 Å². The Morgan fingerprint density at radius 3 is 2.64 bits per heavy atom. The third-order valence-corrected chi connectivity index (χ3v) is 2.60. The molecule has 76 valence electrons. The smallest absolute Gasteiger partial charge is 0.135 e. The van der Waals surface area contributed by atoms with Gasteiger partial charge in [0.15, 0.2) is 0 Å². The van der Waals surface area contributed by atoms with Gasteiger partial charge < -0.3 is 0 Å². The van der Waals surface area contributed by atoms with E-state index in [1.165, 1.54) is 12.1 Å². The molecule has 0 radical (unpaired) electrons. The van der Waals surface area contributed by atoms with E-state index in [-0.39, 0.29) is 5.41 Å². The molecule has 0 unspecified atom stereocenters. The average Bonchev–Trinajstić information content (AvgIpc) is 2.47. The summed E-state index contributed by atoms with van der Waals surface area (Å²) in [6.07, 6.45) is 7.64. The van der Waals surface area contributed by atoms with Crippen molar-refractivity contribution in [2.24, 2.45) is 7.05 Å². The minimum atomic E-state index is 0.158. The molecular formula is C12H18N2. The Hall–Kier alpha value is -1.23. The van der Waals surface area contributed by atoms with Crippen LogP contribution in [0, 0.1) is 12.3 Å². The Bertz CT molecular complexity index is 353. The lowest BCUT2D eigenvalue weighted by atomic mass is 9.84. The van der Waals surface area contributed by atoms with Crippen LogP contribution in [0.1, 0.15) is 45.0 Å². The molecule has 1 aromatic rings. The molecular weight excluding hydrogens is 172 g/mol. The van der Waals surface area contributed by atoms with E-state index in [0.29, 0.717) is 0 Å². The van der Waals surface area contributed by atoms with E-state index < -0.39 is 0 Å². The predicted molar refractivity (Wildman–Crippen MR) is 59.1 cm³/mol. The first-order chi connectivity index (χ1) is 6.51. The zero-order valence-electron chi connectivity index (χ0n) is 9.46. The van der Waals surface area contributed by atoms with Crippen molar-refractivity contribution < 1.29 is 0 Å². The van der Waals surface area contributed by atoms with Crippen LogP contribution in [0.25, 0.3) is 0 Å². The lowest BCUT2D eigenvalue weighted by Crippen LogP contribution is -2.20. The maximum atomic E-state index is 5.32. The van der Waals surface area contributed by atoms with E-state index in [0.717, 1.165) is 12.1 Å². The Morgan fingerprint density at radius 2 is 2.21 bits per heavy atom. The van der Waals surface area contributed by atoms with E-state index in [1.807, 2.05) is 17.8 Å². The van der Waals surface area contributed by atoms with Gasteiger partial charge in [0.25, 0.3) is 0 Å². The fraction of sp³-hybridized carbons (Fsp3) is 0.583. The number of hydrogen-bond donors (Lipinski definition) is 0. The molecule has 0 saturated heterocycles. The second-order valence-corrected chi connectivity index (χ2v) is 4.32. The predicted octanol–water partition coefficient (Wildman–Crippen LogP) is 2.48. The standard InChI is InChI=1S/C12H18N2/c1-6-8-12(3,4)11-9-10(7-2)13-14(11)5/h2,9H,6,8H2,1,3-5H3. The van der Waals surface area contributed by atoms with Crippen molar-refractivity contribution in [2.75, 3.05) is 0 Å². The lowest BCUT2D eigenvalue weighted by molar-refractivity contribution is 0.436. The van der Waals surface area contributed by atoms with Crippen LogP contribution < -0.4 is 0 Å². The molecule has 14 heavy (non-hydrogen) atoms. The van der Waals surface area contributed by atoms with Crippen LogP contribution >= 0.6 is 0 Å². The quantitative estimate of drug-likeness (QED) is 0.669. The molecule has 0 aliphatic carbocycles. The molecule has 0 spiro atoms. The molecule has 0 N–H and O–H groups in total. The molecule has 0 saturated carbocycles. The summed E-state index contributed by atoms with van der Waals surface area (Å²) in [5, 5.41) is 4.26. The van der Waals surface area contributed by atoms with Crippen molar-refractivity contribution in [3.8, 4) is 12.3 Å². The SMILES string of the molecule is C#Cc1cc(C(C)(C)CCC)n(C)n1. The highest BCUT2D eigenvalue weighted by atomic mass is 15.3. The molecule has 1 aromatic heterocycles. The zero-order chi connectivity index (χ0) is 10.8. The third kappa shape index (κ3) is 1.98. The Labute approximate surface area is 86.3 Å². The monoisotopic (exact) mass is 190 g/mol. The summed E-state index contributed by atoms with van der Waals surface area (Å²) in [5.74, 6) is 2.57. The normalized spacial score (nSPS) is 11.4. The van der Waals surface area contributed by atoms with Gasteiger partial charge in [-0.2, -0.15) is 5.10 Å². The van der Waals surface area contributed by atoms with Gasteiger partial charge in [-0.1, -0.05) is 27.2 Å². The van der Waals surface area contributed by atoms with Crippen molar-refractivity contribution >= 4 is 0 Å². The zero-order valence-corrected chi connectivity index (χ0v) is 9.46. The molecule has 2 heteroatoms.